The van der Waals surface area contributed by atoms with E-state index in [4.69, 9.17) is 5.11 Å². The molecular weight excluding hydrogens is 208 g/mol. The number of anilines is 1. The van der Waals surface area contributed by atoms with Crippen LogP contribution in [0.2, 0.25) is 0 Å². The van der Waals surface area contributed by atoms with Crippen molar-refractivity contribution in [3.63, 3.8) is 0 Å². The lowest BCUT2D eigenvalue weighted by molar-refractivity contribution is 0.182. The van der Waals surface area contributed by atoms with E-state index in [2.05, 4.69) is 10.5 Å². The molecule has 0 aromatic heterocycles. The topological polar surface area (TPSA) is 75.8 Å². The van der Waals surface area contributed by atoms with Crippen LogP contribution in [0, 0.1) is 6.92 Å². The molecule has 0 heterocycles. The van der Waals surface area contributed by atoms with Gasteiger partial charge in [0.25, 0.3) is 0 Å². The predicted molar refractivity (Wildman–Crippen MR) is 63.8 cm³/mol. The van der Waals surface area contributed by atoms with Gasteiger partial charge in [-0.1, -0.05) is 0 Å². The number of nitrogens with zero attached hydrogens (tertiary/aromatic N) is 1. The summed E-state index contributed by atoms with van der Waals surface area (Å²) in [5.74, 6) is 0.327. The molecule has 1 aromatic rings. The number of primary amides is 1. The summed E-state index contributed by atoms with van der Waals surface area (Å²) in [5.41, 5.74) is 6.66. The molecular formula is C11H18N2O3. The number of carbonyl (C=O) groups is 1. The molecule has 0 saturated heterocycles. The smallest absolute Gasteiger partial charge is 0.404 e. The highest BCUT2D eigenvalue weighted by Crippen LogP contribution is 2.21. The number of carbonyl (C=O) groups excluding carboxylic acids is 1. The minimum absolute atomic E-state index is 0.327. The second kappa shape index (κ2) is 6.55. The fourth-order valence-electron chi connectivity index (χ4n) is 1.14. The van der Waals surface area contributed by atoms with Crippen LogP contribution in [-0.4, -0.2) is 32.4 Å². The number of aromatic hydroxyl groups is 1. The third kappa shape index (κ3) is 5.09. The molecule has 0 aliphatic heterocycles. The number of hydrogen-bond donors (Lipinski definition) is 2. The first-order chi connectivity index (χ1) is 7.38. The van der Waals surface area contributed by atoms with Crippen molar-refractivity contribution in [3.05, 3.63) is 23.8 Å². The van der Waals surface area contributed by atoms with Gasteiger partial charge in [-0.05, 0) is 30.7 Å². The van der Waals surface area contributed by atoms with E-state index < -0.39 is 6.09 Å². The van der Waals surface area contributed by atoms with Gasteiger partial charge in [0, 0.05) is 19.8 Å². The molecule has 5 heteroatoms. The van der Waals surface area contributed by atoms with Gasteiger partial charge in [0.05, 0.1) is 7.11 Å². The van der Waals surface area contributed by atoms with Gasteiger partial charge in [0.15, 0.2) is 0 Å². The van der Waals surface area contributed by atoms with Gasteiger partial charge in [0.1, 0.15) is 5.75 Å². The van der Waals surface area contributed by atoms with E-state index in [0.29, 0.717) is 5.75 Å². The summed E-state index contributed by atoms with van der Waals surface area (Å²) in [6.45, 7) is 1.98. The molecule has 0 spiro atoms. The van der Waals surface area contributed by atoms with Crippen molar-refractivity contribution in [1.82, 2.24) is 0 Å². The molecule has 1 rings (SSSR count). The number of rotatable bonds is 1. The van der Waals surface area contributed by atoms with E-state index in [0.717, 1.165) is 11.3 Å². The Morgan fingerprint density at radius 3 is 2.25 bits per heavy atom. The summed E-state index contributed by atoms with van der Waals surface area (Å²) in [6.07, 6.45) is -0.745. The molecule has 16 heavy (non-hydrogen) atoms. The molecule has 0 atom stereocenters. The zero-order chi connectivity index (χ0) is 12.7. The van der Waals surface area contributed by atoms with Crippen LogP contribution in [0.5, 0.6) is 5.75 Å². The van der Waals surface area contributed by atoms with Gasteiger partial charge in [-0.15, -0.1) is 0 Å². The van der Waals surface area contributed by atoms with Crippen LogP contribution >= 0.6 is 0 Å². The predicted octanol–water partition coefficient (Wildman–Crippen LogP) is 1.48. The number of hydrogen-bond acceptors (Lipinski definition) is 4. The van der Waals surface area contributed by atoms with Crippen molar-refractivity contribution in [2.24, 2.45) is 5.73 Å². The molecule has 0 saturated carbocycles. The number of nitrogens with two attached hydrogens (primary N) is 1. The van der Waals surface area contributed by atoms with Crippen LogP contribution in [0.1, 0.15) is 5.56 Å². The number of phenols is 1. The zero-order valence-corrected chi connectivity index (χ0v) is 10.0. The fourth-order valence-corrected chi connectivity index (χ4v) is 1.14. The van der Waals surface area contributed by atoms with Crippen molar-refractivity contribution in [1.29, 1.82) is 0 Å². The van der Waals surface area contributed by atoms with Gasteiger partial charge < -0.3 is 20.5 Å². The molecule has 90 valence electrons. The van der Waals surface area contributed by atoms with Crippen LogP contribution in [0.3, 0.4) is 0 Å². The molecule has 0 fully saturated rings. The molecule has 0 aliphatic carbocycles. The molecule has 3 N–H and O–H groups in total. The number of methoxy groups -OCH3 is 1. The van der Waals surface area contributed by atoms with Crippen molar-refractivity contribution < 1.29 is 14.6 Å². The Morgan fingerprint density at radius 2 is 1.94 bits per heavy atom. The molecule has 0 bridgehead atoms. The first kappa shape index (κ1) is 14.1. The monoisotopic (exact) mass is 226 g/mol. The van der Waals surface area contributed by atoms with Crippen molar-refractivity contribution in [3.8, 4) is 5.75 Å². The molecule has 0 unspecified atom stereocenters. The number of ether oxygens (including phenoxy) is 1. The minimum Gasteiger partial charge on any atom is -0.508 e. The van der Waals surface area contributed by atoms with Gasteiger partial charge in [-0.25, -0.2) is 4.79 Å². The number of phenolic OH excluding ortho intramolecular Hbond substituents is 1. The highest BCUT2D eigenvalue weighted by molar-refractivity contribution is 5.64. The highest BCUT2D eigenvalue weighted by atomic mass is 16.5. The summed E-state index contributed by atoms with van der Waals surface area (Å²) >= 11 is 0. The number of amides is 1. The molecule has 1 amide bonds. The Labute approximate surface area is 95.4 Å². The average Bonchev–Trinajstić information content (AvgIpc) is 2.17. The second-order valence-electron chi connectivity index (χ2n) is 3.39. The lowest BCUT2D eigenvalue weighted by Gasteiger charge is -2.14. The van der Waals surface area contributed by atoms with Crippen molar-refractivity contribution >= 4 is 11.8 Å². The summed E-state index contributed by atoms with van der Waals surface area (Å²) in [5, 5.41) is 9.10. The fraction of sp³-hybridized carbons (Fsp3) is 0.364. The average molecular weight is 226 g/mol. The zero-order valence-electron chi connectivity index (χ0n) is 10.0. The van der Waals surface area contributed by atoms with E-state index in [9.17, 15) is 4.79 Å². The quantitative estimate of drug-likeness (QED) is 0.760. The van der Waals surface area contributed by atoms with Crippen LogP contribution in [-0.2, 0) is 4.74 Å². The van der Waals surface area contributed by atoms with Gasteiger partial charge in [-0.2, -0.15) is 0 Å². The largest absolute Gasteiger partial charge is 0.508 e. The van der Waals surface area contributed by atoms with Crippen LogP contribution in [0.25, 0.3) is 0 Å². The van der Waals surface area contributed by atoms with Crippen molar-refractivity contribution in [2.75, 3.05) is 26.1 Å². The Morgan fingerprint density at radius 1 is 1.44 bits per heavy atom. The van der Waals surface area contributed by atoms with E-state index >= 15 is 0 Å². The van der Waals surface area contributed by atoms with Gasteiger partial charge >= 0.3 is 6.09 Å². The van der Waals surface area contributed by atoms with E-state index in [1.54, 1.807) is 12.1 Å². The highest BCUT2D eigenvalue weighted by Gasteiger charge is 1.99. The summed E-state index contributed by atoms with van der Waals surface area (Å²) in [7, 11) is 5.20. The Hall–Kier alpha value is -1.91. The minimum atomic E-state index is -0.745. The van der Waals surface area contributed by atoms with E-state index in [1.807, 2.05) is 32.0 Å². The Kier molecular flexibility index (Phi) is 5.77. The van der Waals surface area contributed by atoms with E-state index in [1.165, 1.54) is 7.11 Å². The molecule has 1 aromatic carbocycles. The lowest BCUT2D eigenvalue weighted by Crippen LogP contribution is -2.09. The standard InChI is InChI=1S/C9H13NO.C2H5NO2/c1-7-6-8(11)4-5-9(7)10(2)3;1-5-2(3)4/h4-6,11H,1-3H3;1H3,(H2,3,4). The summed E-state index contributed by atoms with van der Waals surface area (Å²) in [4.78, 5) is 11.4. The van der Waals surface area contributed by atoms with Crippen LogP contribution < -0.4 is 10.6 Å². The molecule has 0 radical (unpaired) electrons. The second-order valence-corrected chi connectivity index (χ2v) is 3.39. The molecule has 0 aliphatic rings. The number of aryl methyl sites for hydroxylation is 1. The SMILES string of the molecule is COC(N)=O.Cc1cc(O)ccc1N(C)C. The third-order valence-corrected chi connectivity index (χ3v) is 1.86. The van der Waals surface area contributed by atoms with Crippen LogP contribution in [0.15, 0.2) is 18.2 Å². The van der Waals surface area contributed by atoms with Gasteiger partial charge in [0.2, 0.25) is 0 Å². The first-order valence-electron chi connectivity index (χ1n) is 4.68. The van der Waals surface area contributed by atoms with E-state index in [-0.39, 0.29) is 0 Å². The maximum Gasteiger partial charge on any atom is 0.404 e. The Balaban J connectivity index is 0.000000385. The maximum absolute atomic E-state index is 9.37. The molecule has 5 nitrogen and oxygen atoms in total. The first-order valence-corrected chi connectivity index (χ1v) is 4.68. The lowest BCUT2D eigenvalue weighted by atomic mass is 10.2. The van der Waals surface area contributed by atoms with Crippen molar-refractivity contribution in [2.45, 2.75) is 6.92 Å². The Bertz CT molecular complexity index is 351. The summed E-state index contributed by atoms with van der Waals surface area (Å²) < 4.78 is 3.89. The van der Waals surface area contributed by atoms with Gasteiger partial charge in [-0.3, -0.25) is 0 Å². The maximum atomic E-state index is 9.37. The van der Waals surface area contributed by atoms with Crippen LogP contribution in [0.4, 0.5) is 10.5 Å². The summed E-state index contributed by atoms with van der Waals surface area (Å²) in [6, 6.07) is 5.36. The number of benzene rings is 1. The normalized spacial score (nSPS) is 8.75. The third-order valence-electron chi connectivity index (χ3n) is 1.86.